The molecule has 11 nitrogen and oxygen atoms in total. The number of nitrogens with one attached hydrogen (secondary N) is 2. The van der Waals surface area contributed by atoms with Crippen molar-refractivity contribution in [1.29, 1.82) is 0 Å². The van der Waals surface area contributed by atoms with Gasteiger partial charge < -0.3 is 25.1 Å². The Bertz CT molecular complexity index is 963. The molecule has 11 heteroatoms. The quantitative estimate of drug-likeness (QED) is 0.472. The van der Waals surface area contributed by atoms with Crippen LogP contribution < -0.4 is 27.2 Å². The zero-order valence-corrected chi connectivity index (χ0v) is 17.1. The standard InChI is InChI=1S/C19H27N5O6/c1-3-4-9-24-16(20)15(18(27)22-19(24)28)23(10-12-29-2)14(25)7-8-21-17(26)13-6-5-11-30-13/h5-6,11H,3-4,7-10,12,20H2,1-2H3,(H,21,26)(H,22,27,28). The summed E-state index contributed by atoms with van der Waals surface area (Å²) >= 11 is 0. The van der Waals surface area contributed by atoms with Crippen LogP contribution >= 0.6 is 0 Å². The molecule has 0 saturated heterocycles. The molecule has 2 aromatic rings. The molecule has 2 rings (SSSR count). The zero-order valence-electron chi connectivity index (χ0n) is 17.1. The van der Waals surface area contributed by atoms with Gasteiger partial charge in [-0.15, -0.1) is 0 Å². The topological polar surface area (TPSA) is 153 Å². The molecule has 2 amide bonds. The number of aromatic nitrogens is 2. The number of ether oxygens (including phenoxy) is 1. The minimum atomic E-state index is -0.755. The lowest BCUT2D eigenvalue weighted by Crippen LogP contribution is -2.43. The molecule has 0 atom stereocenters. The predicted molar refractivity (Wildman–Crippen MR) is 111 cm³/mol. The Kier molecular flexibility index (Phi) is 8.41. The molecule has 0 fully saturated rings. The van der Waals surface area contributed by atoms with Gasteiger partial charge in [-0.3, -0.25) is 23.9 Å². The van der Waals surface area contributed by atoms with E-state index in [4.69, 9.17) is 14.9 Å². The number of amides is 2. The lowest BCUT2D eigenvalue weighted by molar-refractivity contribution is -0.118. The molecule has 2 aromatic heterocycles. The maximum absolute atomic E-state index is 12.8. The van der Waals surface area contributed by atoms with Crippen LogP contribution in [-0.2, 0) is 16.1 Å². The van der Waals surface area contributed by atoms with Crippen LogP contribution in [0.2, 0.25) is 0 Å². The first-order chi connectivity index (χ1) is 14.4. The van der Waals surface area contributed by atoms with Crippen molar-refractivity contribution in [3.8, 4) is 0 Å². The number of furan rings is 1. The first-order valence-electron chi connectivity index (χ1n) is 9.64. The number of nitrogens with two attached hydrogens (primary N) is 1. The van der Waals surface area contributed by atoms with E-state index < -0.39 is 23.1 Å². The molecular formula is C19H27N5O6. The van der Waals surface area contributed by atoms with Gasteiger partial charge >= 0.3 is 5.69 Å². The van der Waals surface area contributed by atoms with Gasteiger partial charge in [0.25, 0.3) is 11.5 Å². The summed E-state index contributed by atoms with van der Waals surface area (Å²) in [5.41, 5.74) is 4.62. The second-order valence-corrected chi connectivity index (χ2v) is 6.52. The molecule has 164 valence electrons. The Labute approximate surface area is 172 Å². The minimum Gasteiger partial charge on any atom is -0.459 e. The maximum Gasteiger partial charge on any atom is 0.330 e. The van der Waals surface area contributed by atoms with Gasteiger partial charge in [0.1, 0.15) is 5.82 Å². The van der Waals surface area contributed by atoms with E-state index in [1.165, 1.54) is 28.9 Å². The lowest BCUT2D eigenvalue weighted by atomic mass is 10.2. The van der Waals surface area contributed by atoms with Crippen LogP contribution in [-0.4, -0.2) is 48.2 Å². The fourth-order valence-corrected chi connectivity index (χ4v) is 2.83. The van der Waals surface area contributed by atoms with Crippen LogP contribution in [0.4, 0.5) is 11.5 Å². The average molecular weight is 421 g/mol. The highest BCUT2D eigenvalue weighted by Gasteiger charge is 2.24. The number of unbranched alkanes of at least 4 members (excludes halogenated alkanes) is 1. The highest BCUT2D eigenvalue weighted by molar-refractivity contribution is 5.96. The summed E-state index contributed by atoms with van der Waals surface area (Å²) in [5, 5.41) is 2.57. The SMILES string of the molecule is CCCCn1c(N)c(N(CCOC)C(=O)CCNC(=O)c2ccco2)c(=O)[nH]c1=O. The molecule has 0 aliphatic heterocycles. The van der Waals surface area contributed by atoms with Crippen LogP contribution in [0.15, 0.2) is 32.4 Å². The second-order valence-electron chi connectivity index (χ2n) is 6.52. The summed E-state index contributed by atoms with van der Waals surface area (Å²) < 4.78 is 11.3. The smallest absolute Gasteiger partial charge is 0.330 e. The van der Waals surface area contributed by atoms with E-state index in [1.54, 1.807) is 6.07 Å². The van der Waals surface area contributed by atoms with Gasteiger partial charge in [-0.05, 0) is 18.6 Å². The van der Waals surface area contributed by atoms with Crippen LogP contribution in [0.25, 0.3) is 0 Å². The van der Waals surface area contributed by atoms with Crippen molar-refractivity contribution >= 4 is 23.3 Å². The summed E-state index contributed by atoms with van der Waals surface area (Å²) in [7, 11) is 1.46. The molecule has 0 saturated carbocycles. The fraction of sp³-hybridized carbons (Fsp3) is 0.474. The van der Waals surface area contributed by atoms with Crippen LogP contribution in [0, 0.1) is 0 Å². The van der Waals surface area contributed by atoms with Crippen molar-refractivity contribution in [3.63, 3.8) is 0 Å². The van der Waals surface area contributed by atoms with Crippen molar-refractivity contribution in [2.24, 2.45) is 0 Å². The highest BCUT2D eigenvalue weighted by atomic mass is 16.5. The molecule has 4 N–H and O–H groups in total. The first kappa shape index (κ1) is 22.9. The lowest BCUT2D eigenvalue weighted by Gasteiger charge is -2.24. The number of rotatable bonds is 11. The Hall–Kier alpha value is -3.34. The van der Waals surface area contributed by atoms with Crippen molar-refractivity contribution in [2.45, 2.75) is 32.7 Å². The van der Waals surface area contributed by atoms with E-state index in [0.717, 1.165) is 6.42 Å². The largest absolute Gasteiger partial charge is 0.459 e. The van der Waals surface area contributed by atoms with Crippen LogP contribution in [0.1, 0.15) is 36.7 Å². The van der Waals surface area contributed by atoms with Gasteiger partial charge in [-0.2, -0.15) is 0 Å². The number of methoxy groups -OCH3 is 1. The van der Waals surface area contributed by atoms with E-state index in [1.807, 2.05) is 6.92 Å². The molecule has 0 radical (unpaired) electrons. The fourth-order valence-electron chi connectivity index (χ4n) is 2.83. The summed E-state index contributed by atoms with van der Waals surface area (Å²) in [6, 6.07) is 3.08. The molecule has 2 heterocycles. The third-order valence-corrected chi connectivity index (χ3v) is 4.41. The monoisotopic (exact) mass is 421 g/mol. The Morgan fingerprint density at radius 2 is 2.13 bits per heavy atom. The number of hydrogen-bond acceptors (Lipinski definition) is 7. The first-order valence-corrected chi connectivity index (χ1v) is 9.64. The van der Waals surface area contributed by atoms with Gasteiger partial charge in [0, 0.05) is 33.2 Å². The van der Waals surface area contributed by atoms with Gasteiger partial charge in [0.15, 0.2) is 11.4 Å². The zero-order chi connectivity index (χ0) is 22.1. The van der Waals surface area contributed by atoms with E-state index in [-0.39, 0.29) is 43.4 Å². The summed E-state index contributed by atoms with van der Waals surface area (Å²) in [4.78, 5) is 52.8. The average Bonchev–Trinajstić information content (AvgIpc) is 3.25. The third kappa shape index (κ3) is 5.60. The summed E-state index contributed by atoms with van der Waals surface area (Å²) in [5.74, 6) is -0.866. The number of aromatic amines is 1. The molecule has 0 aliphatic rings. The number of anilines is 2. The van der Waals surface area contributed by atoms with Crippen LogP contribution in [0.5, 0.6) is 0 Å². The minimum absolute atomic E-state index is 0.0229. The molecule has 0 unspecified atom stereocenters. The third-order valence-electron chi connectivity index (χ3n) is 4.41. The van der Waals surface area contributed by atoms with Crippen LogP contribution in [0.3, 0.4) is 0 Å². The second kappa shape index (κ2) is 11.0. The number of hydrogen-bond donors (Lipinski definition) is 3. The normalized spacial score (nSPS) is 10.7. The maximum atomic E-state index is 12.8. The molecule has 0 aromatic carbocycles. The van der Waals surface area contributed by atoms with Crippen molar-refractivity contribution in [2.75, 3.05) is 37.4 Å². The molecule has 0 aliphatic carbocycles. The molecular weight excluding hydrogens is 394 g/mol. The molecule has 0 spiro atoms. The number of nitrogens with zero attached hydrogens (tertiary/aromatic N) is 2. The molecule has 0 bridgehead atoms. The van der Waals surface area contributed by atoms with Gasteiger partial charge in [0.2, 0.25) is 5.91 Å². The number of carbonyl (C=O) groups is 2. The summed E-state index contributed by atoms with van der Waals surface area (Å²) in [6.45, 7) is 2.50. The summed E-state index contributed by atoms with van der Waals surface area (Å²) in [6.07, 6.45) is 2.78. The van der Waals surface area contributed by atoms with E-state index in [2.05, 4.69) is 10.3 Å². The Morgan fingerprint density at radius 1 is 1.37 bits per heavy atom. The Morgan fingerprint density at radius 3 is 2.77 bits per heavy atom. The van der Waals surface area contributed by atoms with Crippen molar-refractivity contribution < 1.29 is 18.7 Å². The van der Waals surface area contributed by atoms with Gasteiger partial charge in [-0.25, -0.2) is 4.79 Å². The highest BCUT2D eigenvalue weighted by Crippen LogP contribution is 2.18. The molecule has 30 heavy (non-hydrogen) atoms. The Balaban J connectivity index is 2.21. The van der Waals surface area contributed by atoms with E-state index >= 15 is 0 Å². The number of nitrogen functional groups attached to an aromatic ring is 1. The number of H-pyrrole nitrogens is 1. The van der Waals surface area contributed by atoms with E-state index in [0.29, 0.717) is 13.0 Å². The van der Waals surface area contributed by atoms with Gasteiger partial charge in [-0.1, -0.05) is 13.3 Å². The van der Waals surface area contributed by atoms with Gasteiger partial charge in [0.05, 0.1) is 12.9 Å². The predicted octanol–water partition coefficient (Wildman–Crippen LogP) is 0.311. The number of carbonyl (C=O) groups excluding carboxylic acids is 2. The van der Waals surface area contributed by atoms with Crippen molar-refractivity contribution in [1.82, 2.24) is 14.9 Å². The van der Waals surface area contributed by atoms with Crippen molar-refractivity contribution in [3.05, 3.63) is 45.0 Å². The van der Waals surface area contributed by atoms with E-state index in [9.17, 15) is 19.2 Å².